The Bertz CT molecular complexity index is 625. The Labute approximate surface area is 111 Å². The molecule has 0 radical (unpaired) electrons. The molecule has 5 nitrogen and oxygen atoms in total. The number of rotatable bonds is 3. The highest BCUT2D eigenvalue weighted by Gasteiger charge is 2.15. The van der Waals surface area contributed by atoms with Crippen molar-refractivity contribution in [2.24, 2.45) is 5.84 Å². The number of aryl methyl sites for hydroxylation is 2. The van der Waals surface area contributed by atoms with Gasteiger partial charge in [0.25, 0.3) is 5.91 Å². The number of hydrogen-bond acceptors (Lipinski definition) is 4. The molecule has 0 fully saturated rings. The fraction of sp³-hybridized carbons (Fsp3) is 0.286. The Balaban J connectivity index is 2.46. The van der Waals surface area contributed by atoms with Crippen LogP contribution in [0.1, 0.15) is 18.2 Å². The number of pyridine rings is 1. The fourth-order valence-corrected chi connectivity index (χ4v) is 1.89. The number of nitrogens with zero attached hydrogens (tertiary/aromatic N) is 1. The maximum absolute atomic E-state index is 11.4. The molecule has 0 aliphatic rings. The Kier molecular flexibility index (Phi) is 3.66. The van der Waals surface area contributed by atoms with E-state index in [-0.39, 0.29) is 5.91 Å². The van der Waals surface area contributed by atoms with Gasteiger partial charge in [-0.1, -0.05) is 11.6 Å². The first-order valence-electron chi connectivity index (χ1n) is 6.06. The molecule has 5 heteroatoms. The highest BCUT2D eigenvalue weighted by molar-refractivity contribution is 5.87. The molecule has 1 aromatic heterocycles. The Hall–Kier alpha value is -2.14. The minimum atomic E-state index is -0.657. The van der Waals surface area contributed by atoms with Gasteiger partial charge in [0, 0.05) is 17.1 Å². The van der Waals surface area contributed by atoms with Gasteiger partial charge < -0.3 is 4.74 Å². The van der Waals surface area contributed by atoms with Gasteiger partial charge in [-0.15, -0.1) is 0 Å². The highest BCUT2D eigenvalue weighted by Crippen LogP contribution is 2.27. The zero-order chi connectivity index (χ0) is 14.0. The molecular formula is C14H17N3O2. The first kappa shape index (κ1) is 13.3. The standard InChI is InChI=1S/C14H17N3O2/c1-8-4-5-12-11(6-8)13(7-9(2)16-12)19-10(3)14(18)17-15/h4-7,10H,15H2,1-3H3,(H,17,18)/t10-/m1/s1. The van der Waals surface area contributed by atoms with Gasteiger partial charge in [-0.3, -0.25) is 15.2 Å². The number of benzene rings is 1. The molecule has 1 aromatic carbocycles. The average molecular weight is 259 g/mol. The molecule has 1 amide bonds. The Morgan fingerprint density at radius 1 is 1.37 bits per heavy atom. The van der Waals surface area contributed by atoms with Crippen molar-refractivity contribution in [2.45, 2.75) is 26.9 Å². The molecule has 0 saturated carbocycles. The monoisotopic (exact) mass is 259 g/mol. The summed E-state index contributed by atoms with van der Waals surface area (Å²) in [5.41, 5.74) is 4.88. The smallest absolute Gasteiger partial charge is 0.274 e. The predicted octanol–water partition coefficient (Wildman–Crippen LogP) is 1.61. The number of nitrogens with one attached hydrogen (secondary N) is 1. The van der Waals surface area contributed by atoms with E-state index in [9.17, 15) is 4.79 Å². The van der Waals surface area contributed by atoms with Gasteiger partial charge in [0.15, 0.2) is 6.10 Å². The first-order chi connectivity index (χ1) is 9.01. The lowest BCUT2D eigenvalue weighted by atomic mass is 10.1. The van der Waals surface area contributed by atoms with Crippen LogP contribution >= 0.6 is 0 Å². The second-order valence-electron chi connectivity index (χ2n) is 4.55. The summed E-state index contributed by atoms with van der Waals surface area (Å²) >= 11 is 0. The van der Waals surface area contributed by atoms with Crippen molar-refractivity contribution in [3.63, 3.8) is 0 Å². The second kappa shape index (κ2) is 5.24. The topological polar surface area (TPSA) is 77.2 Å². The van der Waals surface area contributed by atoms with Crippen molar-refractivity contribution in [3.05, 3.63) is 35.5 Å². The maximum Gasteiger partial charge on any atom is 0.274 e. The summed E-state index contributed by atoms with van der Waals surface area (Å²) in [4.78, 5) is 15.9. The minimum absolute atomic E-state index is 0.365. The van der Waals surface area contributed by atoms with Crippen LogP contribution in [0.25, 0.3) is 10.9 Å². The fourth-order valence-electron chi connectivity index (χ4n) is 1.89. The van der Waals surface area contributed by atoms with E-state index in [0.717, 1.165) is 22.2 Å². The van der Waals surface area contributed by atoms with Crippen molar-refractivity contribution >= 4 is 16.8 Å². The van der Waals surface area contributed by atoms with Crippen LogP contribution in [0.15, 0.2) is 24.3 Å². The summed E-state index contributed by atoms with van der Waals surface area (Å²) in [7, 11) is 0. The van der Waals surface area contributed by atoms with Gasteiger partial charge in [-0.2, -0.15) is 0 Å². The molecule has 1 atom stereocenters. The van der Waals surface area contributed by atoms with Crippen LogP contribution in [0.2, 0.25) is 0 Å². The molecule has 2 aromatic rings. The summed E-state index contributed by atoms with van der Waals surface area (Å²) in [6.45, 7) is 5.54. The van der Waals surface area contributed by atoms with Crippen LogP contribution in [0.3, 0.4) is 0 Å². The van der Waals surface area contributed by atoms with E-state index in [1.54, 1.807) is 6.92 Å². The predicted molar refractivity (Wildman–Crippen MR) is 73.6 cm³/mol. The van der Waals surface area contributed by atoms with E-state index in [0.29, 0.717) is 5.75 Å². The van der Waals surface area contributed by atoms with Gasteiger partial charge >= 0.3 is 0 Å². The van der Waals surface area contributed by atoms with E-state index in [4.69, 9.17) is 10.6 Å². The lowest BCUT2D eigenvalue weighted by Crippen LogP contribution is -2.40. The average Bonchev–Trinajstić information content (AvgIpc) is 2.38. The van der Waals surface area contributed by atoms with Crippen LogP contribution in [0, 0.1) is 13.8 Å². The molecule has 3 N–H and O–H groups in total. The summed E-state index contributed by atoms with van der Waals surface area (Å²) in [5, 5.41) is 0.891. The zero-order valence-corrected chi connectivity index (χ0v) is 11.2. The molecule has 0 unspecified atom stereocenters. The van der Waals surface area contributed by atoms with Crippen LogP contribution in [-0.2, 0) is 4.79 Å². The Morgan fingerprint density at radius 2 is 2.11 bits per heavy atom. The molecule has 2 rings (SSSR count). The van der Waals surface area contributed by atoms with E-state index in [2.05, 4.69) is 10.4 Å². The number of fused-ring (bicyclic) bond motifs is 1. The molecule has 0 saturated heterocycles. The molecular weight excluding hydrogens is 242 g/mol. The van der Waals surface area contributed by atoms with E-state index in [1.165, 1.54) is 0 Å². The third-order valence-corrected chi connectivity index (χ3v) is 2.87. The van der Waals surface area contributed by atoms with Crippen LogP contribution in [-0.4, -0.2) is 17.0 Å². The molecule has 19 heavy (non-hydrogen) atoms. The molecule has 0 spiro atoms. The van der Waals surface area contributed by atoms with E-state index in [1.807, 2.05) is 38.1 Å². The summed E-state index contributed by atoms with van der Waals surface area (Å²) in [6, 6.07) is 7.75. The van der Waals surface area contributed by atoms with Gasteiger partial charge in [-0.05, 0) is 32.9 Å². The first-order valence-corrected chi connectivity index (χ1v) is 6.06. The van der Waals surface area contributed by atoms with Gasteiger partial charge in [-0.25, -0.2) is 5.84 Å². The summed E-state index contributed by atoms with van der Waals surface area (Å²) in [6.07, 6.45) is -0.657. The van der Waals surface area contributed by atoms with E-state index < -0.39 is 6.10 Å². The third-order valence-electron chi connectivity index (χ3n) is 2.87. The zero-order valence-electron chi connectivity index (χ0n) is 11.2. The number of carbonyl (C=O) groups is 1. The number of hydrogen-bond donors (Lipinski definition) is 2. The van der Waals surface area contributed by atoms with Gasteiger partial charge in [0.2, 0.25) is 0 Å². The number of aromatic nitrogens is 1. The maximum atomic E-state index is 11.4. The summed E-state index contributed by atoms with van der Waals surface area (Å²) < 4.78 is 5.68. The number of carbonyl (C=O) groups excluding carboxylic acids is 1. The third kappa shape index (κ3) is 2.82. The lowest BCUT2D eigenvalue weighted by molar-refractivity contribution is -0.127. The number of nitrogens with two attached hydrogens (primary N) is 1. The normalized spacial score (nSPS) is 12.2. The SMILES string of the molecule is Cc1ccc2nc(C)cc(O[C@H](C)C(=O)NN)c2c1. The van der Waals surface area contributed by atoms with Crippen LogP contribution in [0.4, 0.5) is 0 Å². The molecule has 0 bridgehead atoms. The Morgan fingerprint density at radius 3 is 2.79 bits per heavy atom. The van der Waals surface area contributed by atoms with Crippen LogP contribution < -0.4 is 16.0 Å². The van der Waals surface area contributed by atoms with Gasteiger partial charge in [0.05, 0.1) is 5.52 Å². The highest BCUT2D eigenvalue weighted by atomic mass is 16.5. The molecule has 0 aliphatic carbocycles. The molecule has 100 valence electrons. The largest absolute Gasteiger partial charge is 0.480 e. The quantitative estimate of drug-likeness (QED) is 0.499. The molecule has 1 heterocycles. The van der Waals surface area contributed by atoms with Crippen molar-refractivity contribution in [3.8, 4) is 5.75 Å². The van der Waals surface area contributed by atoms with Crippen LogP contribution in [0.5, 0.6) is 5.75 Å². The molecule has 0 aliphatic heterocycles. The van der Waals surface area contributed by atoms with Gasteiger partial charge in [0.1, 0.15) is 5.75 Å². The van der Waals surface area contributed by atoms with Crippen molar-refractivity contribution in [1.82, 2.24) is 10.4 Å². The van der Waals surface area contributed by atoms with Crippen molar-refractivity contribution in [2.75, 3.05) is 0 Å². The van der Waals surface area contributed by atoms with E-state index >= 15 is 0 Å². The second-order valence-corrected chi connectivity index (χ2v) is 4.55. The number of hydrazine groups is 1. The number of ether oxygens (including phenoxy) is 1. The van der Waals surface area contributed by atoms with Crippen molar-refractivity contribution in [1.29, 1.82) is 0 Å². The number of amides is 1. The van der Waals surface area contributed by atoms with Crippen molar-refractivity contribution < 1.29 is 9.53 Å². The summed E-state index contributed by atoms with van der Waals surface area (Å²) in [5.74, 6) is 5.38. The lowest BCUT2D eigenvalue weighted by Gasteiger charge is -2.15. The minimum Gasteiger partial charge on any atom is -0.480 e.